The Morgan fingerprint density at radius 2 is 2.18 bits per heavy atom. The first-order chi connectivity index (χ1) is 8.17. The van der Waals surface area contributed by atoms with Crippen molar-refractivity contribution in [1.29, 1.82) is 0 Å². The first-order valence-electron chi connectivity index (χ1n) is 5.15. The topological polar surface area (TPSA) is 96.8 Å². The molecular weight excluding hydrogens is 220 g/mol. The van der Waals surface area contributed by atoms with Crippen molar-refractivity contribution in [2.45, 2.75) is 6.92 Å². The van der Waals surface area contributed by atoms with E-state index in [1.165, 1.54) is 0 Å². The lowest BCUT2D eigenvalue weighted by atomic mass is 10.2. The van der Waals surface area contributed by atoms with E-state index in [1.54, 1.807) is 13.3 Å². The number of hydrazone groups is 1. The van der Waals surface area contributed by atoms with Crippen molar-refractivity contribution in [3.8, 4) is 11.5 Å². The van der Waals surface area contributed by atoms with Gasteiger partial charge in [-0.3, -0.25) is 0 Å². The zero-order valence-corrected chi connectivity index (χ0v) is 9.93. The van der Waals surface area contributed by atoms with Crippen LogP contribution in [0, 0.1) is 0 Å². The molecule has 0 unspecified atom stereocenters. The Balaban J connectivity index is 2.89. The first-order valence-corrected chi connectivity index (χ1v) is 5.15. The third-order valence-corrected chi connectivity index (χ3v) is 1.91. The molecule has 0 atom stereocenters. The number of nitrogens with two attached hydrogens (primary N) is 2. The van der Waals surface area contributed by atoms with E-state index >= 15 is 0 Å². The van der Waals surface area contributed by atoms with E-state index in [9.17, 15) is 0 Å². The molecule has 1 aromatic carbocycles. The number of nitrogens with one attached hydrogen (secondary N) is 1. The third kappa shape index (κ3) is 4.02. The van der Waals surface area contributed by atoms with Crippen molar-refractivity contribution in [1.82, 2.24) is 0 Å². The average Bonchev–Trinajstić information content (AvgIpc) is 2.30. The van der Waals surface area contributed by atoms with Gasteiger partial charge in [-0.2, -0.15) is 0 Å². The lowest BCUT2D eigenvalue weighted by Gasteiger charge is -2.08. The fourth-order valence-corrected chi connectivity index (χ4v) is 1.23. The Kier molecular flexibility index (Phi) is 4.80. The molecule has 6 nitrogen and oxygen atoms in total. The fraction of sp³-hybridized carbons (Fsp3) is 0.273. The number of ether oxygens (including phenoxy) is 2. The average molecular weight is 237 g/mol. The van der Waals surface area contributed by atoms with Gasteiger partial charge in [-0.1, -0.05) is 0 Å². The van der Waals surface area contributed by atoms with Crippen LogP contribution in [0.1, 0.15) is 12.5 Å². The van der Waals surface area contributed by atoms with Gasteiger partial charge in [0.2, 0.25) is 6.21 Å². The van der Waals surface area contributed by atoms with E-state index in [0.717, 1.165) is 5.56 Å². The molecule has 0 aromatic heterocycles. The molecule has 0 fully saturated rings. The van der Waals surface area contributed by atoms with Crippen molar-refractivity contribution in [2.24, 2.45) is 16.6 Å². The summed E-state index contributed by atoms with van der Waals surface area (Å²) in [5.41, 5.74) is 11.2. The van der Waals surface area contributed by atoms with Crippen molar-refractivity contribution in [3.63, 3.8) is 0 Å². The summed E-state index contributed by atoms with van der Waals surface area (Å²) in [6.45, 7) is 2.51. The van der Waals surface area contributed by atoms with Gasteiger partial charge in [-0.15, -0.1) is 5.10 Å². The monoisotopic (exact) mass is 237 g/mol. The largest absolute Gasteiger partial charge is 0.493 e. The minimum absolute atomic E-state index is 0.0286. The summed E-state index contributed by atoms with van der Waals surface area (Å²) >= 11 is 0. The number of hydrogen-bond acceptors (Lipinski definition) is 3. The minimum Gasteiger partial charge on any atom is -0.493 e. The highest BCUT2D eigenvalue weighted by Gasteiger charge is 2.05. The van der Waals surface area contributed by atoms with Crippen LogP contribution in [0.5, 0.6) is 11.5 Å². The summed E-state index contributed by atoms with van der Waals surface area (Å²) in [7, 11) is 1.59. The van der Waals surface area contributed by atoms with Crippen LogP contribution in [0.2, 0.25) is 0 Å². The van der Waals surface area contributed by atoms with Gasteiger partial charge in [-0.25, -0.2) is 0 Å². The minimum atomic E-state index is -0.0286. The molecule has 0 aliphatic heterocycles. The van der Waals surface area contributed by atoms with Crippen LogP contribution in [0.15, 0.2) is 23.3 Å². The predicted molar refractivity (Wildman–Crippen MR) is 66.1 cm³/mol. The molecule has 5 N–H and O–H groups in total. The van der Waals surface area contributed by atoms with Gasteiger partial charge in [0.15, 0.2) is 11.5 Å². The number of nitrogens with zero attached hydrogens (tertiary/aromatic N) is 1. The highest BCUT2D eigenvalue weighted by molar-refractivity contribution is 5.78. The molecule has 0 aliphatic carbocycles. The Labute approximate surface area is 99.9 Å². The Bertz CT molecular complexity index is 425. The summed E-state index contributed by atoms with van der Waals surface area (Å²) in [6.07, 6.45) is 1.65. The normalized spacial score (nSPS) is 10.2. The molecule has 0 saturated heterocycles. The van der Waals surface area contributed by atoms with Crippen molar-refractivity contribution >= 4 is 12.2 Å². The molecule has 0 radical (unpaired) electrons. The SMILES string of the molecule is CCOc1ccc(/C=[NH+]\N=C(N)N)cc1OC. The Morgan fingerprint density at radius 3 is 2.76 bits per heavy atom. The van der Waals surface area contributed by atoms with Gasteiger partial charge in [-0.05, 0) is 25.1 Å². The predicted octanol–water partition coefficient (Wildman–Crippen LogP) is -1.22. The number of methoxy groups -OCH3 is 1. The second-order valence-electron chi connectivity index (χ2n) is 3.15. The van der Waals surface area contributed by atoms with E-state index in [4.69, 9.17) is 20.9 Å². The summed E-state index contributed by atoms with van der Waals surface area (Å²) < 4.78 is 10.6. The molecule has 0 bridgehead atoms. The summed E-state index contributed by atoms with van der Waals surface area (Å²) in [5, 5.41) is 6.25. The Morgan fingerprint density at radius 1 is 1.41 bits per heavy atom. The second kappa shape index (κ2) is 6.37. The van der Waals surface area contributed by atoms with Gasteiger partial charge in [0.1, 0.15) is 0 Å². The number of benzene rings is 1. The summed E-state index contributed by atoms with van der Waals surface area (Å²) in [6, 6.07) is 5.51. The maximum Gasteiger partial charge on any atom is 0.256 e. The third-order valence-electron chi connectivity index (χ3n) is 1.91. The fourth-order valence-electron chi connectivity index (χ4n) is 1.23. The maximum atomic E-state index is 5.40. The van der Waals surface area contributed by atoms with Crippen molar-refractivity contribution < 1.29 is 14.6 Å². The smallest absolute Gasteiger partial charge is 0.256 e. The number of rotatable bonds is 5. The van der Waals surface area contributed by atoms with E-state index in [-0.39, 0.29) is 5.96 Å². The van der Waals surface area contributed by atoms with Crippen molar-refractivity contribution in [3.05, 3.63) is 23.8 Å². The van der Waals surface area contributed by atoms with E-state index in [0.29, 0.717) is 18.1 Å². The van der Waals surface area contributed by atoms with Gasteiger partial charge >= 0.3 is 0 Å². The lowest BCUT2D eigenvalue weighted by Crippen LogP contribution is -2.63. The quantitative estimate of drug-likeness (QED) is 0.340. The summed E-state index contributed by atoms with van der Waals surface area (Å²) in [5.74, 6) is 1.33. The highest BCUT2D eigenvalue weighted by Crippen LogP contribution is 2.27. The van der Waals surface area contributed by atoms with Crippen LogP contribution >= 0.6 is 0 Å². The Hall–Kier alpha value is -2.24. The number of hydrogen-bond donors (Lipinski definition) is 3. The van der Waals surface area contributed by atoms with Crippen molar-refractivity contribution in [2.75, 3.05) is 13.7 Å². The molecule has 0 amide bonds. The van der Waals surface area contributed by atoms with E-state index < -0.39 is 0 Å². The zero-order chi connectivity index (χ0) is 12.7. The molecule has 0 heterocycles. The molecule has 6 heteroatoms. The molecule has 92 valence electrons. The van der Waals surface area contributed by atoms with Gasteiger partial charge in [0.25, 0.3) is 5.96 Å². The van der Waals surface area contributed by atoms with Crippen LogP contribution in [0.4, 0.5) is 0 Å². The first kappa shape index (κ1) is 12.8. The van der Waals surface area contributed by atoms with Gasteiger partial charge < -0.3 is 20.9 Å². The standard InChI is InChI=1S/C11H16N4O2/c1-3-17-9-5-4-8(6-10(9)16-2)7-14-15-11(12)13/h4-7H,3H2,1-2H3,(H4,12,13,15)/p+1/b14-7-. The second-order valence-corrected chi connectivity index (χ2v) is 3.15. The number of guanidine groups is 1. The molecular formula is C11H17N4O2+. The zero-order valence-electron chi connectivity index (χ0n) is 9.93. The molecule has 1 rings (SSSR count). The van der Waals surface area contributed by atoms with Crippen LogP contribution in [0.3, 0.4) is 0 Å². The molecule has 1 aromatic rings. The van der Waals surface area contributed by atoms with E-state index in [1.807, 2.05) is 25.1 Å². The molecule has 0 saturated carbocycles. The van der Waals surface area contributed by atoms with Crippen LogP contribution < -0.4 is 26.0 Å². The summed E-state index contributed by atoms with van der Waals surface area (Å²) in [4.78, 5) is 0. The van der Waals surface area contributed by atoms with Gasteiger partial charge in [0.05, 0.1) is 13.7 Å². The lowest BCUT2D eigenvalue weighted by molar-refractivity contribution is -0.456. The maximum absolute atomic E-state index is 5.40. The molecule has 0 spiro atoms. The van der Waals surface area contributed by atoms with Crippen LogP contribution in [0.25, 0.3) is 0 Å². The van der Waals surface area contributed by atoms with Gasteiger partial charge in [0, 0.05) is 10.7 Å². The highest BCUT2D eigenvalue weighted by atomic mass is 16.5. The van der Waals surface area contributed by atoms with Crippen LogP contribution in [-0.2, 0) is 0 Å². The van der Waals surface area contributed by atoms with E-state index in [2.05, 4.69) is 10.2 Å². The molecule has 0 aliphatic rings. The van der Waals surface area contributed by atoms with Crippen LogP contribution in [-0.4, -0.2) is 25.9 Å². The molecule has 17 heavy (non-hydrogen) atoms.